The van der Waals surface area contributed by atoms with Gasteiger partial charge in [0.15, 0.2) is 0 Å². The summed E-state index contributed by atoms with van der Waals surface area (Å²) in [6.45, 7) is 0.281. The van der Waals surface area contributed by atoms with Crippen LogP contribution in [0.3, 0.4) is 0 Å². The smallest absolute Gasteiger partial charge is 0.282 e. The number of aliphatic hydroxyl groups is 1. The lowest BCUT2D eigenvalue weighted by Crippen LogP contribution is -2.50. The maximum absolute atomic E-state index is 13.2. The van der Waals surface area contributed by atoms with E-state index in [1.54, 1.807) is 0 Å². The molecule has 1 aromatic carbocycles. The molecule has 7 nitrogen and oxygen atoms in total. The van der Waals surface area contributed by atoms with Gasteiger partial charge in [0, 0.05) is 12.6 Å². The van der Waals surface area contributed by atoms with E-state index in [9.17, 15) is 24.4 Å². The van der Waals surface area contributed by atoms with E-state index in [0.29, 0.717) is 0 Å². The predicted octanol–water partition coefficient (Wildman–Crippen LogP) is 0.567. The Kier molecular flexibility index (Phi) is 4.26. The lowest BCUT2D eigenvalue weighted by Gasteiger charge is -2.34. The standard InChI is InChI=1S/C12H13FN2O5/c13-8-1-2-11(15(18)19)10(5-8)12(17)14-3-4-20-7-9(14)6-16/h1-2,5,9,16H,3-4,6-7H2. The highest BCUT2D eigenvalue weighted by molar-refractivity contribution is 5.98. The molecule has 1 aromatic rings. The van der Waals surface area contributed by atoms with Crippen LogP contribution in [0.25, 0.3) is 0 Å². The zero-order valence-electron chi connectivity index (χ0n) is 10.5. The SMILES string of the molecule is O=C(c1cc(F)ccc1[N+](=O)[O-])N1CCOCC1CO. The lowest BCUT2D eigenvalue weighted by molar-refractivity contribution is -0.385. The quantitative estimate of drug-likeness (QED) is 0.647. The van der Waals surface area contributed by atoms with Gasteiger partial charge in [-0.25, -0.2) is 4.39 Å². The molecule has 20 heavy (non-hydrogen) atoms. The number of nitrogens with zero attached hydrogens (tertiary/aromatic N) is 2. The second-order valence-corrected chi connectivity index (χ2v) is 4.33. The number of amides is 1. The molecule has 1 fully saturated rings. The molecular weight excluding hydrogens is 271 g/mol. The van der Waals surface area contributed by atoms with Gasteiger partial charge < -0.3 is 14.7 Å². The third-order valence-electron chi connectivity index (χ3n) is 3.08. The van der Waals surface area contributed by atoms with Crippen LogP contribution < -0.4 is 0 Å². The number of halogens is 1. The molecule has 8 heteroatoms. The minimum Gasteiger partial charge on any atom is -0.394 e. The van der Waals surface area contributed by atoms with Crippen molar-refractivity contribution in [1.29, 1.82) is 0 Å². The second-order valence-electron chi connectivity index (χ2n) is 4.33. The maximum atomic E-state index is 13.2. The number of rotatable bonds is 3. The number of morpholine rings is 1. The number of ether oxygens (including phenoxy) is 1. The molecule has 0 bridgehead atoms. The number of nitro groups is 1. The summed E-state index contributed by atoms with van der Waals surface area (Å²) in [4.78, 5) is 23.8. The van der Waals surface area contributed by atoms with Gasteiger partial charge in [-0.15, -0.1) is 0 Å². The van der Waals surface area contributed by atoms with Crippen molar-refractivity contribution in [3.05, 3.63) is 39.7 Å². The van der Waals surface area contributed by atoms with Crippen LogP contribution >= 0.6 is 0 Å². The molecule has 2 rings (SSSR count). The van der Waals surface area contributed by atoms with Crippen molar-refractivity contribution in [1.82, 2.24) is 4.90 Å². The van der Waals surface area contributed by atoms with Gasteiger partial charge in [0.1, 0.15) is 11.4 Å². The van der Waals surface area contributed by atoms with E-state index in [0.717, 1.165) is 18.2 Å². The van der Waals surface area contributed by atoms with E-state index in [1.165, 1.54) is 4.90 Å². The summed E-state index contributed by atoms with van der Waals surface area (Å²) in [6.07, 6.45) is 0. The van der Waals surface area contributed by atoms with Gasteiger partial charge in [0.2, 0.25) is 0 Å². The Hall–Kier alpha value is -2.06. The summed E-state index contributed by atoms with van der Waals surface area (Å²) in [6, 6.07) is 2.14. The molecule has 0 aliphatic carbocycles. The minimum absolute atomic E-state index is 0.144. The fourth-order valence-corrected chi connectivity index (χ4v) is 2.07. The number of aliphatic hydroxyl groups excluding tert-OH is 1. The van der Waals surface area contributed by atoms with E-state index in [2.05, 4.69) is 0 Å². The van der Waals surface area contributed by atoms with Crippen molar-refractivity contribution in [3.8, 4) is 0 Å². The van der Waals surface area contributed by atoms with Gasteiger partial charge in [0.25, 0.3) is 11.6 Å². The highest BCUT2D eigenvalue weighted by Crippen LogP contribution is 2.23. The Morgan fingerprint density at radius 2 is 2.35 bits per heavy atom. The molecule has 0 radical (unpaired) electrons. The predicted molar refractivity (Wildman–Crippen MR) is 65.8 cm³/mol. The maximum Gasteiger partial charge on any atom is 0.282 e. The van der Waals surface area contributed by atoms with Crippen LogP contribution in [0, 0.1) is 15.9 Å². The third-order valence-corrected chi connectivity index (χ3v) is 3.08. The van der Waals surface area contributed by atoms with Crippen molar-refractivity contribution in [2.24, 2.45) is 0 Å². The van der Waals surface area contributed by atoms with E-state index in [4.69, 9.17) is 4.74 Å². The molecule has 1 amide bonds. The van der Waals surface area contributed by atoms with E-state index >= 15 is 0 Å². The fraction of sp³-hybridized carbons (Fsp3) is 0.417. The van der Waals surface area contributed by atoms with Crippen molar-refractivity contribution in [3.63, 3.8) is 0 Å². The van der Waals surface area contributed by atoms with Gasteiger partial charge in [-0.1, -0.05) is 0 Å². The molecule has 1 atom stereocenters. The normalized spacial score (nSPS) is 18.9. The molecule has 1 heterocycles. The summed E-state index contributed by atoms with van der Waals surface area (Å²) in [7, 11) is 0. The molecule has 1 unspecified atom stereocenters. The van der Waals surface area contributed by atoms with Crippen molar-refractivity contribution < 1.29 is 24.0 Å². The second kappa shape index (κ2) is 5.93. The van der Waals surface area contributed by atoms with Crippen LogP contribution in [0.15, 0.2) is 18.2 Å². The average molecular weight is 284 g/mol. The summed E-state index contributed by atoms with van der Waals surface area (Å²) >= 11 is 0. The molecule has 0 spiro atoms. The van der Waals surface area contributed by atoms with E-state index in [1.807, 2.05) is 0 Å². The monoisotopic (exact) mass is 284 g/mol. The lowest BCUT2D eigenvalue weighted by atomic mass is 10.1. The van der Waals surface area contributed by atoms with Crippen LogP contribution in [-0.4, -0.2) is 53.2 Å². The topological polar surface area (TPSA) is 92.9 Å². The summed E-state index contributed by atoms with van der Waals surface area (Å²) in [5, 5.41) is 20.1. The zero-order chi connectivity index (χ0) is 14.7. The molecule has 1 aliphatic heterocycles. The number of carbonyl (C=O) groups is 1. The van der Waals surface area contributed by atoms with E-state index in [-0.39, 0.29) is 31.9 Å². The minimum atomic E-state index is -0.735. The first kappa shape index (κ1) is 14.4. The third kappa shape index (κ3) is 2.75. The number of hydrogen-bond acceptors (Lipinski definition) is 5. The van der Waals surface area contributed by atoms with Gasteiger partial charge in [-0.05, 0) is 12.1 Å². The number of nitro benzene ring substituents is 1. The highest BCUT2D eigenvalue weighted by atomic mass is 19.1. The first-order valence-corrected chi connectivity index (χ1v) is 5.98. The molecule has 1 saturated heterocycles. The number of benzene rings is 1. The molecule has 0 aromatic heterocycles. The molecule has 1 N–H and O–H groups in total. The Morgan fingerprint density at radius 1 is 1.60 bits per heavy atom. The van der Waals surface area contributed by atoms with Crippen LogP contribution in [0.1, 0.15) is 10.4 Å². The Bertz CT molecular complexity index is 537. The van der Waals surface area contributed by atoms with E-state index < -0.39 is 28.4 Å². The van der Waals surface area contributed by atoms with Gasteiger partial charge in [0.05, 0.1) is 30.8 Å². The fourth-order valence-electron chi connectivity index (χ4n) is 2.07. The van der Waals surface area contributed by atoms with Crippen LogP contribution in [-0.2, 0) is 4.74 Å². The largest absolute Gasteiger partial charge is 0.394 e. The summed E-state index contributed by atoms with van der Waals surface area (Å²) in [5.41, 5.74) is -0.782. The van der Waals surface area contributed by atoms with Crippen molar-refractivity contribution in [2.75, 3.05) is 26.4 Å². The Morgan fingerprint density at radius 3 is 3.00 bits per heavy atom. The molecular formula is C12H13FN2O5. The van der Waals surface area contributed by atoms with Crippen LogP contribution in [0.2, 0.25) is 0 Å². The molecule has 0 saturated carbocycles. The van der Waals surface area contributed by atoms with Crippen LogP contribution in [0.4, 0.5) is 10.1 Å². The Labute approximate surface area is 113 Å². The average Bonchev–Trinajstić information content (AvgIpc) is 2.46. The first-order chi connectivity index (χ1) is 9.54. The summed E-state index contributed by atoms with van der Waals surface area (Å²) < 4.78 is 18.4. The summed E-state index contributed by atoms with van der Waals surface area (Å²) in [5.74, 6) is -1.41. The zero-order valence-corrected chi connectivity index (χ0v) is 10.5. The van der Waals surface area contributed by atoms with Crippen molar-refractivity contribution in [2.45, 2.75) is 6.04 Å². The van der Waals surface area contributed by atoms with Crippen LogP contribution in [0.5, 0.6) is 0 Å². The molecule has 108 valence electrons. The highest BCUT2D eigenvalue weighted by Gasteiger charge is 2.31. The number of hydrogen-bond donors (Lipinski definition) is 1. The Balaban J connectivity index is 2.36. The van der Waals surface area contributed by atoms with Gasteiger partial charge in [-0.3, -0.25) is 14.9 Å². The van der Waals surface area contributed by atoms with Crippen molar-refractivity contribution >= 4 is 11.6 Å². The molecule has 1 aliphatic rings. The number of carbonyl (C=O) groups excluding carboxylic acids is 1. The first-order valence-electron chi connectivity index (χ1n) is 5.98. The van der Waals surface area contributed by atoms with Gasteiger partial charge >= 0.3 is 0 Å². The van der Waals surface area contributed by atoms with Gasteiger partial charge in [-0.2, -0.15) is 0 Å².